The highest BCUT2D eigenvalue weighted by molar-refractivity contribution is 5.42. The zero-order chi connectivity index (χ0) is 15.0. The van der Waals surface area contributed by atoms with Gasteiger partial charge in [-0.15, -0.1) is 0 Å². The van der Waals surface area contributed by atoms with Crippen LogP contribution >= 0.6 is 0 Å². The van der Waals surface area contributed by atoms with Crippen molar-refractivity contribution >= 4 is 11.8 Å². The van der Waals surface area contributed by atoms with Gasteiger partial charge in [-0.05, 0) is 33.1 Å². The summed E-state index contributed by atoms with van der Waals surface area (Å²) in [4.78, 5) is 15.1. The lowest BCUT2D eigenvalue weighted by Gasteiger charge is -2.21. The Labute approximate surface area is 121 Å². The summed E-state index contributed by atoms with van der Waals surface area (Å²) in [7, 11) is 8.09. The highest BCUT2D eigenvalue weighted by Gasteiger charge is 2.08. The molecule has 6 heteroatoms. The topological polar surface area (TPSA) is 59.3 Å². The summed E-state index contributed by atoms with van der Waals surface area (Å²) in [5.41, 5.74) is 0. The summed E-state index contributed by atoms with van der Waals surface area (Å²) >= 11 is 0. The predicted octanol–water partition coefficient (Wildman–Crippen LogP) is 1.21. The van der Waals surface area contributed by atoms with Crippen molar-refractivity contribution < 1.29 is 0 Å². The minimum atomic E-state index is 0.495. The summed E-state index contributed by atoms with van der Waals surface area (Å²) in [6.07, 6.45) is 3.33. The predicted molar refractivity (Wildman–Crippen MR) is 82.0 cm³/mol. The second-order valence-electron chi connectivity index (χ2n) is 5.12. The smallest absolute Gasteiger partial charge is 0.226 e. The van der Waals surface area contributed by atoms with Crippen LogP contribution < -0.4 is 9.80 Å². The van der Waals surface area contributed by atoms with Crippen LogP contribution in [0.5, 0.6) is 0 Å². The van der Waals surface area contributed by atoms with Crippen molar-refractivity contribution in [1.82, 2.24) is 14.9 Å². The molecule has 0 radical (unpaired) electrons. The van der Waals surface area contributed by atoms with E-state index >= 15 is 0 Å². The molecule has 1 aromatic rings. The van der Waals surface area contributed by atoms with Crippen molar-refractivity contribution in [3.05, 3.63) is 12.3 Å². The lowest BCUT2D eigenvalue weighted by atomic mass is 10.4. The molecule has 0 fully saturated rings. The van der Waals surface area contributed by atoms with Crippen LogP contribution in [0.25, 0.3) is 0 Å². The number of hydrogen-bond donors (Lipinski definition) is 0. The number of rotatable bonds is 8. The van der Waals surface area contributed by atoms with E-state index in [4.69, 9.17) is 5.26 Å². The van der Waals surface area contributed by atoms with Gasteiger partial charge in [0.1, 0.15) is 5.82 Å². The van der Waals surface area contributed by atoms with Gasteiger partial charge >= 0.3 is 0 Å². The molecular formula is C14H24N6. The normalized spacial score (nSPS) is 10.4. The lowest BCUT2D eigenvalue weighted by Crippen LogP contribution is -2.26. The van der Waals surface area contributed by atoms with E-state index in [9.17, 15) is 0 Å². The summed E-state index contributed by atoms with van der Waals surface area (Å²) in [6, 6.07) is 4.01. The van der Waals surface area contributed by atoms with Crippen molar-refractivity contribution in [3.63, 3.8) is 0 Å². The van der Waals surface area contributed by atoms with Crippen LogP contribution in [-0.2, 0) is 0 Å². The first-order valence-corrected chi connectivity index (χ1v) is 6.81. The first-order valence-electron chi connectivity index (χ1n) is 6.81. The van der Waals surface area contributed by atoms with Gasteiger partial charge in [0.05, 0.1) is 12.5 Å². The number of aromatic nitrogens is 2. The Hall–Kier alpha value is -1.87. The second-order valence-corrected chi connectivity index (χ2v) is 5.12. The van der Waals surface area contributed by atoms with Gasteiger partial charge in [-0.25, -0.2) is 4.98 Å². The van der Waals surface area contributed by atoms with Crippen molar-refractivity contribution in [1.29, 1.82) is 5.26 Å². The maximum Gasteiger partial charge on any atom is 0.226 e. The van der Waals surface area contributed by atoms with E-state index in [0.29, 0.717) is 13.0 Å². The zero-order valence-electron chi connectivity index (χ0n) is 12.9. The van der Waals surface area contributed by atoms with Gasteiger partial charge in [0.25, 0.3) is 0 Å². The molecule has 0 atom stereocenters. The standard InChI is InChI=1S/C14H24N6/c1-18(2)10-6-12-20(4)14-16-9-7-13(17-14)19(3)11-5-8-15/h7,9H,5-6,10-12H2,1-4H3. The van der Waals surface area contributed by atoms with Gasteiger partial charge < -0.3 is 14.7 Å². The zero-order valence-corrected chi connectivity index (χ0v) is 12.9. The monoisotopic (exact) mass is 276 g/mol. The van der Waals surface area contributed by atoms with Gasteiger partial charge in [-0.3, -0.25) is 0 Å². The largest absolute Gasteiger partial charge is 0.358 e. The van der Waals surface area contributed by atoms with Crippen molar-refractivity contribution in [2.24, 2.45) is 0 Å². The maximum atomic E-state index is 8.63. The fourth-order valence-electron chi connectivity index (χ4n) is 1.79. The summed E-state index contributed by atoms with van der Waals surface area (Å²) in [5, 5.41) is 8.63. The number of hydrogen-bond acceptors (Lipinski definition) is 6. The van der Waals surface area contributed by atoms with Gasteiger partial charge in [-0.1, -0.05) is 0 Å². The van der Waals surface area contributed by atoms with Crippen LogP contribution in [0.2, 0.25) is 0 Å². The van der Waals surface area contributed by atoms with E-state index in [0.717, 1.165) is 31.3 Å². The van der Waals surface area contributed by atoms with Gasteiger partial charge in [0.2, 0.25) is 5.95 Å². The highest BCUT2D eigenvalue weighted by atomic mass is 15.3. The van der Waals surface area contributed by atoms with Crippen LogP contribution in [0.15, 0.2) is 12.3 Å². The van der Waals surface area contributed by atoms with E-state index in [1.54, 1.807) is 6.20 Å². The molecule has 0 bridgehead atoms. The van der Waals surface area contributed by atoms with E-state index in [-0.39, 0.29) is 0 Å². The number of nitrogens with zero attached hydrogens (tertiary/aromatic N) is 6. The second kappa shape index (κ2) is 8.33. The molecule has 0 aliphatic heterocycles. The highest BCUT2D eigenvalue weighted by Crippen LogP contribution is 2.13. The van der Waals surface area contributed by atoms with Gasteiger partial charge in [0, 0.05) is 33.4 Å². The third-order valence-corrected chi connectivity index (χ3v) is 3.02. The van der Waals surface area contributed by atoms with Crippen LogP contribution in [0.1, 0.15) is 12.8 Å². The fraction of sp³-hybridized carbons (Fsp3) is 0.643. The molecule has 0 aliphatic carbocycles. The minimum absolute atomic E-state index is 0.495. The van der Waals surface area contributed by atoms with Crippen molar-refractivity contribution in [2.75, 3.05) is 57.6 Å². The molecule has 1 heterocycles. The average Bonchev–Trinajstić information content (AvgIpc) is 2.44. The quantitative estimate of drug-likeness (QED) is 0.711. The first kappa shape index (κ1) is 16.2. The molecule has 0 aromatic carbocycles. The van der Waals surface area contributed by atoms with Crippen molar-refractivity contribution in [2.45, 2.75) is 12.8 Å². The minimum Gasteiger partial charge on any atom is -0.358 e. The van der Waals surface area contributed by atoms with E-state index < -0.39 is 0 Å². The fourth-order valence-corrected chi connectivity index (χ4v) is 1.79. The summed E-state index contributed by atoms with van der Waals surface area (Å²) in [6.45, 7) is 2.65. The average molecular weight is 276 g/mol. The summed E-state index contributed by atoms with van der Waals surface area (Å²) in [5.74, 6) is 1.58. The van der Waals surface area contributed by atoms with Crippen LogP contribution in [0.4, 0.5) is 11.8 Å². The van der Waals surface area contributed by atoms with Crippen LogP contribution in [0, 0.1) is 11.3 Å². The van der Waals surface area contributed by atoms with Crippen LogP contribution in [0.3, 0.4) is 0 Å². The number of nitriles is 1. The molecule has 0 aliphatic rings. The molecule has 1 aromatic heterocycles. The number of anilines is 2. The Morgan fingerprint density at radius 1 is 1.10 bits per heavy atom. The molecule has 0 spiro atoms. The maximum absolute atomic E-state index is 8.63. The van der Waals surface area contributed by atoms with Gasteiger partial charge in [0.15, 0.2) is 0 Å². The third-order valence-electron chi connectivity index (χ3n) is 3.02. The molecule has 20 heavy (non-hydrogen) atoms. The Bertz CT molecular complexity index is 440. The van der Waals surface area contributed by atoms with Gasteiger partial charge in [-0.2, -0.15) is 10.2 Å². The Morgan fingerprint density at radius 3 is 2.50 bits per heavy atom. The Kier molecular flexibility index (Phi) is 6.74. The molecule has 0 amide bonds. The van der Waals surface area contributed by atoms with Crippen molar-refractivity contribution in [3.8, 4) is 6.07 Å². The van der Waals surface area contributed by atoms with Crippen LogP contribution in [-0.4, -0.2) is 62.7 Å². The molecule has 1 rings (SSSR count). The first-order chi connectivity index (χ1) is 9.54. The SMILES string of the molecule is CN(C)CCCN(C)c1nccc(N(C)CCC#N)n1. The van der Waals surface area contributed by atoms with E-state index in [1.807, 2.05) is 25.1 Å². The molecule has 6 nitrogen and oxygen atoms in total. The lowest BCUT2D eigenvalue weighted by molar-refractivity contribution is 0.401. The summed E-state index contributed by atoms with van der Waals surface area (Å²) < 4.78 is 0. The molecule has 0 N–H and O–H groups in total. The molecule has 0 unspecified atom stereocenters. The molecule has 0 saturated carbocycles. The Morgan fingerprint density at radius 2 is 1.85 bits per heavy atom. The third kappa shape index (κ3) is 5.41. The Balaban J connectivity index is 2.60. The van der Waals surface area contributed by atoms with E-state index in [2.05, 4.69) is 39.9 Å². The molecule has 0 saturated heterocycles. The van der Waals surface area contributed by atoms with E-state index in [1.165, 1.54) is 0 Å². The molecule has 110 valence electrons. The molecular weight excluding hydrogens is 252 g/mol.